The van der Waals surface area contributed by atoms with Crippen molar-refractivity contribution in [1.29, 1.82) is 0 Å². The van der Waals surface area contributed by atoms with Crippen molar-refractivity contribution in [2.45, 2.75) is 23.0 Å². The van der Waals surface area contributed by atoms with Crippen molar-refractivity contribution in [2.24, 2.45) is 5.14 Å². The normalized spacial score (nSPS) is 17.6. The minimum absolute atomic E-state index is 0.311. The van der Waals surface area contributed by atoms with Crippen LogP contribution in [0.3, 0.4) is 0 Å². The highest BCUT2D eigenvalue weighted by atomic mass is 32.2. The van der Waals surface area contributed by atoms with Crippen molar-refractivity contribution < 1.29 is 26.0 Å². The van der Waals surface area contributed by atoms with E-state index in [0.717, 1.165) is 12.1 Å². The summed E-state index contributed by atoms with van der Waals surface area (Å²) in [6.45, 7) is 0.664. The molecule has 0 aliphatic carbocycles. The molecule has 1 aromatic rings. The molecule has 1 heterocycles. The predicted octanol–water partition coefficient (Wildman–Crippen LogP) is 0.394. The zero-order valence-corrected chi connectivity index (χ0v) is 12.6. The number of nitrogens with one attached hydrogen (secondary N) is 1. The summed E-state index contributed by atoms with van der Waals surface area (Å²) < 4.78 is 67.4. The Morgan fingerprint density at radius 2 is 1.81 bits per heavy atom. The first-order chi connectivity index (χ1) is 9.70. The van der Waals surface area contributed by atoms with Gasteiger partial charge in [0, 0.05) is 13.2 Å². The minimum atomic E-state index is -4.04. The van der Waals surface area contributed by atoms with E-state index in [9.17, 15) is 21.2 Å². The van der Waals surface area contributed by atoms with Gasteiger partial charge in [0.2, 0.25) is 20.0 Å². The smallest absolute Gasteiger partial charge is 0.238 e. The summed E-state index contributed by atoms with van der Waals surface area (Å²) in [5.41, 5.74) is -0.311. The van der Waals surface area contributed by atoms with Crippen LogP contribution in [-0.2, 0) is 24.8 Å². The Kier molecular flexibility index (Phi) is 4.51. The molecule has 0 amide bonds. The molecule has 0 bridgehead atoms. The number of rotatable bonds is 4. The lowest BCUT2D eigenvalue weighted by Crippen LogP contribution is -2.33. The average Bonchev–Trinajstić information content (AvgIpc) is 2.41. The molecule has 0 saturated carbocycles. The van der Waals surface area contributed by atoms with Gasteiger partial charge in [-0.1, -0.05) is 0 Å². The Bertz CT molecular complexity index is 727. The van der Waals surface area contributed by atoms with Crippen LogP contribution in [0.4, 0.5) is 10.1 Å². The van der Waals surface area contributed by atoms with E-state index in [1.54, 1.807) is 0 Å². The van der Waals surface area contributed by atoms with E-state index in [0.29, 0.717) is 32.1 Å². The molecular weight excluding hydrogens is 323 g/mol. The predicted molar refractivity (Wildman–Crippen MR) is 74.2 cm³/mol. The van der Waals surface area contributed by atoms with E-state index in [2.05, 4.69) is 4.72 Å². The maximum absolute atomic E-state index is 13.8. The molecule has 0 radical (unpaired) electrons. The Hall–Kier alpha value is -1.23. The third-order valence-corrected chi connectivity index (χ3v) is 5.89. The number of sulfonamides is 2. The maximum Gasteiger partial charge on any atom is 0.238 e. The summed E-state index contributed by atoms with van der Waals surface area (Å²) in [4.78, 5) is -0.422. The van der Waals surface area contributed by atoms with Crippen LogP contribution in [0, 0.1) is 5.82 Å². The molecule has 10 heteroatoms. The fraction of sp³-hybridized carbons (Fsp3) is 0.455. The summed E-state index contributed by atoms with van der Waals surface area (Å²) in [7, 11) is -7.80. The largest absolute Gasteiger partial charge is 0.381 e. The van der Waals surface area contributed by atoms with Crippen molar-refractivity contribution in [3.8, 4) is 0 Å². The second-order valence-corrected chi connectivity index (χ2v) is 8.17. The van der Waals surface area contributed by atoms with Crippen LogP contribution in [0.2, 0.25) is 0 Å². The van der Waals surface area contributed by atoms with E-state index < -0.39 is 36.0 Å². The number of hydrogen-bond acceptors (Lipinski definition) is 5. The van der Waals surface area contributed by atoms with Gasteiger partial charge in [0.1, 0.15) is 5.82 Å². The van der Waals surface area contributed by atoms with E-state index >= 15 is 0 Å². The van der Waals surface area contributed by atoms with Gasteiger partial charge < -0.3 is 4.74 Å². The number of halogens is 1. The number of anilines is 1. The van der Waals surface area contributed by atoms with Gasteiger partial charge in [-0.05, 0) is 31.0 Å². The number of hydrogen-bond donors (Lipinski definition) is 2. The van der Waals surface area contributed by atoms with Gasteiger partial charge >= 0.3 is 0 Å². The second-order valence-electron chi connectivity index (χ2n) is 4.65. The van der Waals surface area contributed by atoms with E-state index in [-0.39, 0.29) is 5.69 Å². The first-order valence-corrected chi connectivity index (χ1v) is 9.21. The SMILES string of the molecule is NS(=O)(=O)c1ccc(NS(=O)(=O)C2CCOCC2)c(F)c1. The number of benzene rings is 1. The fourth-order valence-electron chi connectivity index (χ4n) is 1.98. The van der Waals surface area contributed by atoms with Crippen molar-refractivity contribution in [3.63, 3.8) is 0 Å². The fourth-order valence-corrected chi connectivity index (χ4v) is 3.96. The van der Waals surface area contributed by atoms with Crippen LogP contribution in [0.15, 0.2) is 23.1 Å². The van der Waals surface area contributed by atoms with Gasteiger partial charge in [0.05, 0.1) is 15.8 Å². The zero-order chi connectivity index (χ0) is 15.7. The topological polar surface area (TPSA) is 116 Å². The molecule has 1 aliphatic heterocycles. The molecule has 0 spiro atoms. The lowest BCUT2D eigenvalue weighted by molar-refractivity contribution is 0.0984. The van der Waals surface area contributed by atoms with Gasteiger partial charge in [-0.15, -0.1) is 0 Å². The van der Waals surface area contributed by atoms with Crippen LogP contribution < -0.4 is 9.86 Å². The lowest BCUT2D eigenvalue weighted by atomic mass is 10.2. The number of primary sulfonamides is 1. The second kappa shape index (κ2) is 5.87. The van der Waals surface area contributed by atoms with Crippen molar-refractivity contribution >= 4 is 25.7 Å². The van der Waals surface area contributed by atoms with Gasteiger partial charge in [0.25, 0.3) is 0 Å². The van der Waals surface area contributed by atoms with Gasteiger partial charge in [-0.2, -0.15) is 0 Å². The highest BCUT2D eigenvalue weighted by Crippen LogP contribution is 2.23. The summed E-state index contributed by atoms with van der Waals surface area (Å²) >= 11 is 0. The molecule has 0 unspecified atom stereocenters. The summed E-state index contributed by atoms with van der Waals surface area (Å²) in [6.07, 6.45) is 0.651. The van der Waals surface area contributed by atoms with Gasteiger partial charge in [0.15, 0.2) is 0 Å². The summed E-state index contributed by atoms with van der Waals surface area (Å²) in [6, 6.07) is 2.75. The van der Waals surface area contributed by atoms with Crippen LogP contribution >= 0.6 is 0 Å². The zero-order valence-electron chi connectivity index (χ0n) is 11.0. The Morgan fingerprint density at radius 3 is 2.33 bits per heavy atom. The molecule has 0 atom stereocenters. The first-order valence-electron chi connectivity index (χ1n) is 6.12. The average molecular weight is 338 g/mol. The molecule has 21 heavy (non-hydrogen) atoms. The minimum Gasteiger partial charge on any atom is -0.381 e. The molecule has 3 N–H and O–H groups in total. The van der Waals surface area contributed by atoms with Crippen LogP contribution in [0.25, 0.3) is 0 Å². The van der Waals surface area contributed by atoms with Crippen molar-refractivity contribution in [1.82, 2.24) is 0 Å². The molecule has 0 aromatic heterocycles. The molecular formula is C11H15FN2O5S2. The van der Waals surface area contributed by atoms with Crippen molar-refractivity contribution in [3.05, 3.63) is 24.0 Å². The highest BCUT2D eigenvalue weighted by Gasteiger charge is 2.28. The third kappa shape index (κ3) is 3.90. The third-order valence-electron chi connectivity index (χ3n) is 3.13. The molecule has 2 rings (SSSR count). The van der Waals surface area contributed by atoms with Gasteiger partial charge in [-0.25, -0.2) is 26.4 Å². The van der Waals surface area contributed by atoms with E-state index in [1.807, 2.05) is 0 Å². The maximum atomic E-state index is 13.8. The van der Waals surface area contributed by atoms with Crippen LogP contribution in [0.5, 0.6) is 0 Å². The Morgan fingerprint density at radius 1 is 1.19 bits per heavy atom. The lowest BCUT2D eigenvalue weighted by Gasteiger charge is -2.22. The standard InChI is InChI=1S/C11H15FN2O5S2/c12-10-7-9(20(13,15)16)1-2-11(10)14-21(17,18)8-3-5-19-6-4-8/h1-2,7-8,14H,3-6H2,(H2,13,15,16). The van der Waals surface area contributed by atoms with Gasteiger partial charge in [-0.3, -0.25) is 4.72 Å². The number of ether oxygens (including phenoxy) is 1. The molecule has 1 saturated heterocycles. The van der Waals surface area contributed by atoms with E-state index in [1.165, 1.54) is 0 Å². The molecule has 7 nitrogen and oxygen atoms in total. The van der Waals surface area contributed by atoms with E-state index in [4.69, 9.17) is 9.88 Å². The highest BCUT2D eigenvalue weighted by molar-refractivity contribution is 7.93. The Labute approximate surface area is 122 Å². The molecule has 1 aromatic carbocycles. The summed E-state index contributed by atoms with van der Waals surface area (Å²) in [5, 5.41) is 4.21. The summed E-state index contributed by atoms with van der Waals surface area (Å²) in [5.74, 6) is -1.00. The monoisotopic (exact) mass is 338 g/mol. The Balaban J connectivity index is 2.23. The number of nitrogens with two attached hydrogens (primary N) is 1. The molecule has 1 aliphatic rings. The molecule has 1 fully saturated rings. The van der Waals surface area contributed by atoms with Crippen LogP contribution in [0.1, 0.15) is 12.8 Å². The first kappa shape index (κ1) is 16.1. The molecule has 118 valence electrons. The van der Waals surface area contributed by atoms with Crippen molar-refractivity contribution in [2.75, 3.05) is 17.9 Å². The quantitative estimate of drug-likeness (QED) is 0.824. The van der Waals surface area contributed by atoms with Crippen LogP contribution in [-0.4, -0.2) is 35.3 Å².